The topological polar surface area (TPSA) is 235 Å². The molecule has 0 saturated heterocycles. The van der Waals surface area contributed by atoms with Gasteiger partial charge in [-0.2, -0.15) is 4.58 Å². The number of allylic oxidation sites excluding steroid dienone is 8. The first-order chi connectivity index (χ1) is 28.2. The zero-order chi connectivity index (χ0) is 44.7. The number of hydrogen-bond donors (Lipinski definition) is 0. The Morgan fingerprint density at radius 1 is 0.656 bits per heavy atom. The summed E-state index contributed by atoms with van der Waals surface area (Å²) in [5.74, 6) is -1.32. The molecule has 0 N–H and O–H groups in total. The van der Waals surface area contributed by atoms with E-state index in [-0.39, 0.29) is 177 Å². The fraction of sp³-hybridized carbons (Fsp3) is 0.326. The molecule has 21 heteroatoms. The van der Waals surface area contributed by atoms with Gasteiger partial charge in [-0.3, -0.25) is 0 Å². The first kappa shape index (κ1) is 57.0. The van der Waals surface area contributed by atoms with Crippen LogP contribution in [-0.4, -0.2) is 86.8 Å². The molecule has 2 aliphatic heterocycles. The summed E-state index contributed by atoms with van der Waals surface area (Å²) in [6.45, 7) is 9.54. The molecular weight excluding hydrogens is 982 g/mol. The van der Waals surface area contributed by atoms with Crippen LogP contribution in [0.1, 0.15) is 65.0 Å². The molecule has 0 radical (unpaired) electrons. The largest absolute Gasteiger partial charge is 1.00 e. The van der Waals surface area contributed by atoms with Gasteiger partial charge in [-0.25, -0.2) is 33.7 Å². The second-order valence-corrected chi connectivity index (χ2v) is 22.4. The van der Waals surface area contributed by atoms with E-state index in [1.807, 2.05) is 58.9 Å². The zero-order valence-corrected chi connectivity index (χ0v) is 49.6. The normalized spacial score (nSPS) is 18.7. The summed E-state index contributed by atoms with van der Waals surface area (Å²) in [4.78, 5) is 1.04. The molecule has 324 valence electrons. The molecule has 64 heavy (non-hydrogen) atoms. The van der Waals surface area contributed by atoms with Crippen molar-refractivity contribution in [1.29, 1.82) is 0 Å². The first-order valence-electron chi connectivity index (χ1n) is 19.3. The molecule has 4 aromatic rings. The number of rotatable bonds is 11. The second kappa shape index (κ2) is 21.0. The third-order valence-corrected chi connectivity index (χ3v) is 15.1. The van der Waals surface area contributed by atoms with Gasteiger partial charge < -0.3 is 23.1 Å². The maximum Gasteiger partial charge on any atom is 1.00 e. The van der Waals surface area contributed by atoms with Crippen LogP contribution in [-0.2, 0) is 51.3 Å². The van der Waals surface area contributed by atoms with E-state index in [1.165, 1.54) is 24.3 Å². The Balaban J connectivity index is 0.00000299. The maximum absolute atomic E-state index is 11.9. The van der Waals surface area contributed by atoms with Gasteiger partial charge in [-0.05, 0) is 126 Å². The van der Waals surface area contributed by atoms with Crippen molar-refractivity contribution in [2.24, 2.45) is 0 Å². The van der Waals surface area contributed by atoms with Gasteiger partial charge in [0.1, 0.15) is 30.4 Å². The van der Waals surface area contributed by atoms with Gasteiger partial charge in [0.15, 0.2) is 12.3 Å². The van der Waals surface area contributed by atoms with Crippen molar-refractivity contribution < 1.29 is 211 Å². The molecule has 0 aromatic heterocycles. The van der Waals surface area contributed by atoms with E-state index in [1.54, 1.807) is 45.9 Å². The Morgan fingerprint density at radius 3 is 1.75 bits per heavy atom. The monoisotopic (exact) mass is 1020 g/mol. The molecule has 0 bridgehead atoms. The van der Waals surface area contributed by atoms with Crippen LogP contribution in [0.25, 0.3) is 21.5 Å². The van der Waals surface area contributed by atoms with Crippen molar-refractivity contribution in [3.8, 4) is 0 Å². The molecule has 7 rings (SSSR count). The smallest absolute Gasteiger partial charge is 0.748 e. The minimum atomic E-state index is -4.72. The van der Waals surface area contributed by atoms with Crippen LogP contribution in [0.5, 0.6) is 0 Å². The quantitative estimate of drug-likeness (QED) is 0.0827. The minimum Gasteiger partial charge on any atom is -0.748 e. The summed E-state index contributed by atoms with van der Waals surface area (Å²) in [6, 6.07) is 15.0. The second-order valence-electron chi connectivity index (χ2n) is 16.6. The number of anilines is 1. The Bertz CT molecular complexity index is 3190. The van der Waals surface area contributed by atoms with Crippen LogP contribution in [0.3, 0.4) is 0 Å². The van der Waals surface area contributed by atoms with E-state index in [9.17, 15) is 51.9 Å². The van der Waals surface area contributed by atoms with E-state index in [0.717, 1.165) is 47.1 Å². The minimum absolute atomic E-state index is 0. The van der Waals surface area contributed by atoms with E-state index < -0.39 is 62.8 Å². The summed E-state index contributed by atoms with van der Waals surface area (Å²) < 4.78 is 144. The molecule has 14 nitrogen and oxygen atoms in total. The zero-order valence-electron chi connectivity index (χ0n) is 37.0. The van der Waals surface area contributed by atoms with Gasteiger partial charge >= 0.3 is 154 Å². The van der Waals surface area contributed by atoms with Crippen LogP contribution in [0.4, 0.5) is 11.4 Å². The fourth-order valence-electron chi connectivity index (χ4n) is 9.17. The molecule has 3 aliphatic rings. The van der Waals surface area contributed by atoms with E-state index in [0.29, 0.717) is 44.3 Å². The van der Waals surface area contributed by atoms with E-state index >= 15 is 0 Å². The molecule has 1 aliphatic carbocycles. The van der Waals surface area contributed by atoms with Crippen molar-refractivity contribution >= 4 is 79.1 Å². The van der Waals surface area contributed by atoms with Crippen molar-refractivity contribution in [3.05, 3.63) is 119 Å². The third-order valence-electron chi connectivity index (χ3n) is 12.1. The predicted octanol–water partition coefficient (Wildman–Crippen LogP) is -3.06. The number of hydrogen-bond acceptors (Lipinski definition) is 13. The summed E-state index contributed by atoms with van der Waals surface area (Å²) in [7, 11) is -18.6. The van der Waals surface area contributed by atoms with Gasteiger partial charge in [-0.1, -0.05) is 44.2 Å². The van der Waals surface area contributed by atoms with Crippen LogP contribution in [0.15, 0.2) is 117 Å². The maximum atomic E-state index is 11.9. The summed E-state index contributed by atoms with van der Waals surface area (Å²) >= 11 is 0. The Labute approximate surface area is 503 Å². The average Bonchev–Trinajstić information content (AvgIpc) is 3.51. The molecule has 0 unspecified atom stereocenters. The van der Waals surface area contributed by atoms with Crippen LogP contribution in [0.2, 0.25) is 0 Å². The van der Waals surface area contributed by atoms with Crippen molar-refractivity contribution in [2.75, 3.05) is 29.5 Å². The molecular formula is C43H43K3N2O12S4. The number of nitrogens with zero attached hydrogens (tertiary/aromatic N) is 2. The van der Waals surface area contributed by atoms with E-state index in [4.69, 9.17) is 0 Å². The predicted molar refractivity (Wildman–Crippen MR) is 228 cm³/mol. The standard InChI is InChI=1S/C43H46N2O12S4.3K/c1-27-28(11-19-38-42(2,3)40-34-15-13-32(60(52,53)54)25-30(34)9-17-36(40)44(38)21-23-58(46,47)48)7-6-8-29(27)12-20-39-43(4,5)41-35-16-14-33(61(55,56)57)26-31(35)10-18-37(41)45(39)22-24-59(49,50)51;;;/h9-20,25-26H,6-8,21-24H2,1-5H3,(H3-,46,47,48,49,50,51,52,53,54,55,56,57);;;/q;3*+1/p-3. The average molecular weight is 1030 g/mol. The molecule has 0 atom stereocenters. The summed E-state index contributed by atoms with van der Waals surface area (Å²) in [6.07, 6.45) is 10.0. The molecule has 0 amide bonds. The first-order valence-corrected chi connectivity index (χ1v) is 25.3. The van der Waals surface area contributed by atoms with E-state index in [2.05, 4.69) is 0 Å². The van der Waals surface area contributed by atoms with Crippen LogP contribution >= 0.6 is 0 Å². The van der Waals surface area contributed by atoms with Crippen LogP contribution < -0.4 is 159 Å². The van der Waals surface area contributed by atoms with Gasteiger partial charge in [0.2, 0.25) is 5.69 Å². The van der Waals surface area contributed by atoms with Crippen molar-refractivity contribution in [2.45, 2.75) is 74.5 Å². The fourth-order valence-corrected chi connectivity index (χ4v) is 11.0. The van der Waals surface area contributed by atoms with Gasteiger partial charge in [-0.15, -0.1) is 0 Å². The number of benzene rings is 4. The van der Waals surface area contributed by atoms with Gasteiger partial charge in [0.25, 0.3) is 0 Å². The molecule has 0 saturated carbocycles. The molecule has 4 aromatic carbocycles. The third kappa shape index (κ3) is 11.9. The van der Waals surface area contributed by atoms with Crippen molar-refractivity contribution in [1.82, 2.24) is 0 Å². The SMILES string of the molecule is CC1=C(/C=C/C2=[N+](CCS(=O)(=O)[O-])c3ccc4cc(S(=O)(=O)[O-])ccc4c3C2(C)C)CCC/C1=C\C=C1/N(CCS(=O)(=O)[O-])c2ccc3cc(S(=O)(=O)[O-])ccc3c2C1(C)C.[K+].[K+].[K+]. The molecule has 0 fully saturated rings. The Morgan fingerprint density at radius 2 is 1.20 bits per heavy atom. The Hall–Kier alpha value is 0.379. The molecule has 2 heterocycles. The van der Waals surface area contributed by atoms with Crippen LogP contribution in [0, 0.1) is 0 Å². The van der Waals surface area contributed by atoms with Gasteiger partial charge in [0.05, 0.1) is 36.8 Å². The van der Waals surface area contributed by atoms with Gasteiger partial charge in [0, 0.05) is 41.1 Å². The summed E-state index contributed by atoms with van der Waals surface area (Å²) in [5, 5.41) is 2.37. The number of fused-ring (bicyclic) bond motifs is 6. The molecule has 0 spiro atoms. The summed E-state index contributed by atoms with van der Waals surface area (Å²) in [5.41, 5.74) is 5.74. The van der Waals surface area contributed by atoms with Crippen molar-refractivity contribution in [3.63, 3.8) is 0 Å². The Kier molecular flexibility index (Phi) is 18.7.